The van der Waals surface area contributed by atoms with Crippen molar-refractivity contribution in [1.82, 2.24) is 5.32 Å². The van der Waals surface area contributed by atoms with Crippen LogP contribution < -0.4 is 5.32 Å². The molecule has 106 valence electrons. The average Bonchev–Trinajstić information content (AvgIpc) is 2.48. The molecule has 4 nitrogen and oxygen atoms in total. The van der Waals surface area contributed by atoms with E-state index in [1.54, 1.807) is 0 Å². The van der Waals surface area contributed by atoms with E-state index in [0.29, 0.717) is 12.8 Å². The zero-order valence-corrected chi connectivity index (χ0v) is 11.3. The summed E-state index contributed by atoms with van der Waals surface area (Å²) in [6, 6.07) is 9.87. The van der Waals surface area contributed by atoms with Gasteiger partial charge in [0.05, 0.1) is 0 Å². The molecule has 1 aliphatic carbocycles. The Morgan fingerprint density at radius 3 is 2.65 bits per heavy atom. The van der Waals surface area contributed by atoms with Crippen LogP contribution in [0, 0.1) is 0 Å². The molecular weight excluding hydrogens is 254 g/mol. The fraction of sp³-hybridized carbons (Fsp3) is 0.375. The molecule has 2 unspecified atom stereocenters. The van der Waals surface area contributed by atoms with Crippen LogP contribution in [0.15, 0.2) is 43.0 Å². The number of carboxylic acid groups (broad SMARTS) is 1. The van der Waals surface area contributed by atoms with Gasteiger partial charge in [0.25, 0.3) is 0 Å². The van der Waals surface area contributed by atoms with Gasteiger partial charge >= 0.3 is 5.97 Å². The molecule has 20 heavy (non-hydrogen) atoms. The highest BCUT2D eigenvalue weighted by Gasteiger charge is 2.44. The fourth-order valence-corrected chi connectivity index (χ4v) is 2.93. The number of hydrogen-bond donors (Lipinski definition) is 2. The van der Waals surface area contributed by atoms with Crippen LogP contribution in [0.4, 0.5) is 0 Å². The summed E-state index contributed by atoms with van der Waals surface area (Å²) < 4.78 is 0. The lowest BCUT2D eigenvalue weighted by Crippen LogP contribution is -2.56. The van der Waals surface area contributed by atoms with Crippen molar-refractivity contribution < 1.29 is 14.7 Å². The Hall–Kier alpha value is -2.10. The number of aliphatic carboxylic acids is 1. The minimum absolute atomic E-state index is 0.158. The first-order valence-corrected chi connectivity index (χ1v) is 6.80. The number of nitrogens with one attached hydrogen (secondary N) is 1. The van der Waals surface area contributed by atoms with Crippen LogP contribution in [0.5, 0.6) is 0 Å². The van der Waals surface area contributed by atoms with E-state index in [4.69, 9.17) is 0 Å². The summed E-state index contributed by atoms with van der Waals surface area (Å²) in [5.74, 6) is -1.24. The smallest absolute Gasteiger partial charge is 0.329 e. The van der Waals surface area contributed by atoms with Gasteiger partial charge in [0.15, 0.2) is 0 Å². The lowest BCUT2D eigenvalue weighted by Gasteiger charge is -2.38. The SMILES string of the molecule is C=CC(=O)NC1(C(=O)O)CCCC(c2ccccc2)C1. The Balaban J connectivity index is 2.23. The van der Waals surface area contributed by atoms with Crippen molar-refractivity contribution in [2.45, 2.75) is 37.1 Å². The summed E-state index contributed by atoms with van der Waals surface area (Å²) in [6.45, 7) is 3.39. The van der Waals surface area contributed by atoms with Crippen LogP contribution in [0.1, 0.15) is 37.2 Å². The summed E-state index contributed by atoms with van der Waals surface area (Å²) in [5, 5.41) is 12.2. The number of carbonyl (C=O) groups excluding carboxylic acids is 1. The van der Waals surface area contributed by atoms with Crippen molar-refractivity contribution in [2.24, 2.45) is 0 Å². The third kappa shape index (κ3) is 2.90. The molecule has 0 bridgehead atoms. The molecule has 1 aliphatic rings. The van der Waals surface area contributed by atoms with Crippen LogP contribution in [0.3, 0.4) is 0 Å². The molecule has 1 amide bonds. The molecular formula is C16H19NO3. The van der Waals surface area contributed by atoms with E-state index in [-0.39, 0.29) is 5.92 Å². The Kier molecular flexibility index (Phi) is 4.23. The Morgan fingerprint density at radius 2 is 2.05 bits per heavy atom. The standard InChI is InChI=1S/C16H19NO3/c1-2-14(18)17-16(15(19)20)10-6-9-13(11-16)12-7-4-3-5-8-12/h2-5,7-8,13H,1,6,9-11H2,(H,17,18)(H,19,20). The first-order chi connectivity index (χ1) is 9.57. The van der Waals surface area contributed by atoms with Crippen LogP contribution in [-0.4, -0.2) is 22.5 Å². The van der Waals surface area contributed by atoms with Gasteiger partial charge in [-0.05, 0) is 43.2 Å². The van der Waals surface area contributed by atoms with E-state index < -0.39 is 17.4 Å². The molecule has 2 atom stereocenters. The molecule has 2 N–H and O–H groups in total. The molecule has 0 radical (unpaired) electrons. The Bertz CT molecular complexity index is 512. The van der Waals surface area contributed by atoms with Crippen molar-refractivity contribution in [2.75, 3.05) is 0 Å². The quantitative estimate of drug-likeness (QED) is 0.828. The van der Waals surface area contributed by atoms with E-state index in [2.05, 4.69) is 11.9 Å². The second kappa shape index (κ2) is 5.90. The average molecular weight is 273 g/mol. The predicted molar refractivity (Wildman–Crippen MR) is 76.4 cm³/mol. The molecule has 0 heterocycles. The molecule has 0 spiro atoms. The van der Waals surface area contributed by atoms with Gasteiger partial charge in [0.1, 0.15) is 5.54 Å². The van der Waals surface area contributed by atoms with E-state index in [0.717, 1.165) is 24.5 Å². The minimum Gasteiger partial charge on any atom is -0.480 e. The molecule has 2 rings (SSSR count). The van der Waals surface area contributed by atoms with Crippen LogP contribution >= 0.6 is 0 Å². The number of carbonyl (C=O) groups is 2. The van der Waals surface area contributed by atoms with Crippen molar-refractivity contribution >= 4 is 11.9 Å². The zero-order valence-electron chi connectivity index (χ0n) is 11.3. The third-order valence-corrected chi connectivity index (χ3v) is 3.98. The van der Waals surface area contributed by atoms with E-state index in [1.807, 2.05) is 30.3 Å². The van der Waals surface area contributed by atoms with Crippen LogP contribution in [0.25, 0.3) is 0 Å². The van der Waals surface area contributed by atoms with Crippen LogP contribution in [-0.2, 0) is 9.59 Å². The van der Waals surface area contributed by atoms with Crippen molar-refractivity contribution in [3.8, 4) is 0 Å². The summed E-state index contributed by atoms with van der Waals surface area (Å²) in [6.07, 6.45) is 3.74. The van der Waals surface area contributed by atoms with E-state index in [9.17, 15) is 14.7 Å². The third-order valence-electron chi connectivity index (χ3n) is 3.98. The first-order valence-electron chi connectivity index (χ1n) is 6.80. The topological polar surface area (TPSA) is 66.4 Å². The second-order valence-electron chi connectivity index (χ2n) is 5.28. The van der Waals surface area contributed by atoms with Crippen molar-refractivity contribution in [3.63, 3.8) is 0 Å². The lowest BCUT2D eigenvalue weighted by molar-refractivity contribution is -0.148. The number of carboxylic acids is 1. The maximum absolute atomic E-state index is 11.7. The van der Waals surface area contributed by atoms with Gasteiger partial charge in [-0.1, -0.05) is 36.9 Å². The maximum Gasteiger partial charge on any atom is 0.329 e. The Labute approximate surface area is 118 Å². The van der Waals surface area contributed by atoms with Crippen LogP contribution in [0.2, 0.25) is 0 Å². The maximum atomic E-state index is 11.7. The van der Waals surface area contributed by atoms with E-state index >= 15 is 0 Å². The minimum atomic E-state index is -1.18. The number of hydrogen-bond acceptors (Lipinski definition) is 2. The van der Waals surface area contributed by atoms with Gasteiger partial charge in [-0.2, -0.15) is 0 Å². The summed E-state index contributed by atoms with van der Waals surface area (Å²) in [5.41, 5.74) is -0.0463. The number of amides is 1. The van der Waals surface area contributed by atoms with Gasteiger partial charge in [-0.25, -0.2) is 4.79 Å². The highest BCUT2D eigenvalue weighted by Crippen LogP contribution is 2.38. The summed E-state index contributed by atoms with van der Waals surface area (Å²) in [7, 11) is 0. The molecule has 0 aliphatic heterocycles. The molecule has 4 heteroatoms. The molecule has 1 fully saturated rings. The molecule has 0 aromatic heterocycles. The second-order valence-corrected chi connectivity index (χ2v) is 5.28. The monoisotopic (exact) mass is 273 g/mol. The summed E-state index contributed by atoms with van der Waals surface area (Å²) in [4.78, 5) is 23.2. The Morgan fingerprint density at radius 1 is 1.35 bits per heavy atom. The number of benzene rings is 1. The molecule has 1 aromatic carbocycles. The zero-order chi connectivity index (χ0) is 14.6. The van der Waals surface area contributed by atoms with Gasteiger partial charge in [0, 0.05) is 0 Å². The molecule has 1 saturated carbocycles. The first kappa shape index (κ1) is 14.3. The van der Waals surface area contributed by atoms with E-state index in [1.165, 1.54) is 0 Å². The lowest BCUT2D eigenvalue weighted by atomic mass is 9.73. The van der Waals surface area contributed by atoms with Gasteiger partial charge in [0.2, 0.25) is 5.91 Å². The van der Waals surface area contributed by atoms with Gasteiger partial charge in [-0.15, -0.1) is 0 Å². The fourth-order valence-electron chi connectivity index (χ4n) is 2.93. The normalized spacial score (nSPS) is 25.7. The largest absolute Gasteiger partial charge is 0.480 e. The highest BCUT2D eigenvalue weighted by molar-refractivity contribution is 5.92. The highest BCUT2D eigenvalue weighted by atomic mass is 16.4. The van der Waals surface area contributed by atoms with Crippen molar-refractivity contribution in [1.29, 1.82) is 0 Å². The van der Waals surface area contributed by atoms with Gasteiger partial charge < -0.3 is 10.4 Å². The molecule has 1 aromatic rings. The molecule has 0 saturated heterocycles. The van der Waals surface area contributed by atoms with Gasteiger partial charge in [-0.3, -0.25) is 4.79 Å². The summed E-state index contributed by atoms with van der Waals surface area (Å²) >= 11 is 0. The predicted octanol–water partition coefficient (Wildman–Crippen LogP) is 2.47. The number of rotatable bonds is 4. The van der Waals surface area contributed by atoms with Crippen molar-refractivity contribution in [3.05, 3.63) is 48.6 Å².